The van der Waals surface area contributed by atoms with E-state index >= 15 is 0 Å². The van der Waals surface area contributed by atoms with Gasteiger partial charge in [-0.05, 0) is 56.9 Å². The fraction of sp³-hybridized carbons (Fsp3) is 0.564. The van der Waals surface area contributed by atoms with E-state index < -0.39 is 68.7 Å². The van der Waals surface area contributed by atoms with E-state index in [0.29, 0.717) is 60.9 Å². The van der Waals surface area contributed by atoms with Crippen LogP contribution in [0.25, 0.3) is 17.0 Å². The van der Waals surface area contributed by atoms with Crippen LogP contribution in [0, 0.1) is 11.8 Å². The highest BCUT2D eigenvalue weighted by molar-refractivity contribution is 7.91. The van der Waals surface area contributed by atoms with E-state index in [4.69, 9.17) is 18.9 Å². The molecule has 4 heterocycles. The third-order valence-corrected chi connectivity index (χ3v) is 12.9. The summed E-state index contributed by atoms with van der Waals surface area (Å²) in [5, 5.41) is 5.69. The highest BCUT2D eigenvalue weighted by Crippen LogP contribution is 2.46. The van der Waals surface area contributed by atoms with E-state index in [9.17, 15) is 27.6 Å². The van der Waals surface area contributed by atoms with Crippen LogP contribution < -0.4 is 29.6 Å². The number of cyclic esters (lactones) is 1. The lowest BCUT2D eigenvalue weighted by molar-refractivity contribution is -0.141. The second kappa shape index (κ2) is 15.7. The Morgan fingerprint density at radius 3 is 2.64 bits per heavy atom. The number of nitrogens with zero attached hydrogens (tertiary/aromatic N) is 2. The first kappa shape index (κ1) is 38.4. The van der Waals surface area contributed by atoms with Gasteiger partial charge in [-0.25, -0.2) is 18.2 Å². The molecule has 2 aromatic rings. The molecule has 55 heavy (non-hydrogen) atoms. The number of carbonyl (C=O) groups is 4. The Hall–Kier alpha value is -4.86. The molecule has 16 heteroatoms. The molecule has 3 N–H and O–H groups in total. The summed E-state index contributed by atoms with van der Waals surface area (Å²) in [5.41, 5.74) is -0.202. The Bertz CT molecular complexity index is 2020. The molecule has 2 saturated carbocycles. The first-order valence-corrected chi connectivity index (χ1v) is 20.6. The van der Waals surface area contributed by atoms with Crippen molar-refractivity contribution in [1.82, 2.24) is 25.2 Å². The van der Waals surface area contributed by atoms with Gasteiger partial charge in [0.25, 0.3) is 5.91 Å². The maximum absolute atomic E-state index is 14.5. The zero-order valence-electron chi connectivity index (χ0n) is 31.4. The molecule has 0 unspecified atom stereocenters. The van der Waals surface area contributed by atoms with Crippen molar-refractivity contribution in [3.8, 4) is 17.4 Å². The Morgan fingerprint density at radius 1 is 1.05 bits per heavy atom. The highest BCUT2D eigenvalue weighted by atomic mass is 32.2. The van der Waals surface area contributed by atoms with Crippen molar-refractivity contribution in [2.75, 3.05) is 27.4 Å². The lowest BCUT2D eigenvalue weighted by atomic mass is 10.0. The van der Waals surface area contributed by atoms with Gasteiger partial charge < -0.3 is 34.5 Å². The molecule has 2 aliphatic carbocycles. The monoisotopic (exact) mass is 779 g/mol. The fourth-order valence-electron chi connectivity index (χ4n) is 7.65. The zero-order valence-corrected chi connectivity index (χ0v) is 32.2. The molecular weight excluding hydrogens is 731 g/mol. The second-order valence-electron chi connectivity index (χ2n) is 15.3. The Balaban J connectivity index is 1.27. The molecule has 3 aliphatic heterocycles. The number of carbonyl (C=O) groups excluding carboxylic acids is 4. The van der Waals surface area contributed by atoms with Crippen molar-refractivity contribution in [1.29, 1.82) is 0 Å². The van der Waals surface area contributed by atoms with Gasteiger partial charge in [0.05, 0.1) is 38.1 Å². The van der Waals surface area contributed by atoms with Gasteiger partial charge in [-0.3, -0.25) is 19.1 Å². The molecule has 6 atom stereocenters. The number of fused-ring (bicyclic) bond motifs is 4. The number of nitrogens with one attached hydrogen (secondary N) is 3. The van der Waals surface area contributed by atoms with Gasteiger partial charge in [-0.1, -0.05) is 44.1 Å². The molecule has 0 radical (unpaired) electrons. The first-order valence-electron chi connectivity index (χ1n) is 19.1. The maximum Gasteiger partial charge on any atom is 0.407 e. The third-order valence-electron chi connectivity index (χ3n) is 11.1. The summed E-state index contributed by atoms with van der Waals surface area (Å²) in [6.07, 6.45) is 11.2. The smallest absolute Gasteiger partial charge is 0.407 e. The second-order valence-corrected chi connectivity index (χ2v) is 17.3. The predicted molar refractivity (Wildman–Crippen MR) is 202 cm³/mol. The number of pyridine rings is 1. The summed E-state index contributed by atoms with van der Waals surface area (Å²) in [5.74, 6) is -1.10. The maximum atomic E-state index is 14.5. The van der Waals surface area contributed by atoms with Crippen LogP contribution in [0.5, 0.6) is 17.4 Å². The van der Waals surface area contributed by atoms with E-state index in [-0.39, 0.29) is 37.8 Å². The van der Waals surface area contributed by atoms with Crippen LogP contribution in [-0.4, -0.2) is 98.5 Å². The number of rotatable bonds is 5. The van der Waals surface area contributed by atoms with Crippen LogP contribution in [0.3, 0.4) is 0 Å². The molecular formula is C39H49N5O10S. The standard InChI is InChI=1S/C39H49N5O10S/c1-23-10-9-11-24-16-28-30(18-32(24)51-2)40-34(52-3)19-33(28)54-26-17-31-35(45)42-39(37(47)43-55(49,50)27-14-15-27)20-25(39)12-7-5-4-6-8-13-29(36(46)44(31)21-26)41-38(48)53-22-23/h7,9,11-12,16,18-19,23,25-27,29,31H,4-6,8,10,13-15,17,20-22H2,1-3H3,(H,41,48)(H,42,45)(H,43,47)/b11-9+,12-7-/t23-,25-,26+,29-,31-,39+/m0/s1. The fourth-order valence-corrected chi connectivity index (χ4v) is 9.01. The quantitative estimate of drug-likeness (QED) is 0.375. The number of benzene rings is 1. The lowest BCUT2D eigenvalue weighted by Crippen LogP contribution is -2.58. The van der Waals surface area contributed by atoms with E-state index in [2.05, 4.69) is 20.3 Å². The Labute approximate surface area is 320 Å². The minimum atomic E-state index is -3.90. The van der Waals surface area contributed by atoms with Crippen molar-refractivity contribution < 1.29 is 46.5 Å². The Kier molecular flexibility index (Phi) is 11.0. The molecule has 1 saturated heterocycles. The molecule has 7 rings (SSSR count). The van der Waals surface area contributed by atoms with Gasteiger partial charge in [-0.15, -0.1) is 0 Å². The van der Waals surface area contributed by atoms with Crippen LogP contribution in [0.2, 0.25) is 0 Å². The number of amides is 4. The van der Waals surface area contributed by atoms with Crippen molar-refractivity contribution in [3.63, 3.8) is 0 Å². The van der Waals surface area contributed by atoms with Crippen molar-refractivity contribution in [3.05, 3.63) is 42.0 Å². The molecule has 5 bridgehead atoms. The average Bonchev–Trinajstić information content (AvgIpc) is 4.09. The van der Waals surface area contributed by atoms with Gasteiger partial charge in [0.15, 0.2) is 0 Å². The summed E-state index contributed by atoms with van der Waals surface area (Å²) < 4.78 is 51.4. The Morgan fingerprint density at radius 2 is 1.87 bits per heavy atom. The van der Waals surface area contributed by atoms with Crippen molar-refractivity contribution >= 4 is 50.8 Å². The number of hydrogen-bond acceptors (Lipinski definition) is 11. The van der Waals surface area contributed by atoms with Crippen LogP contribution in [0.4, 0.5) is 4.79 Å². The minimum Gasteiger partial charge on any atom is -0.496 e. The molecule has 0 spiro atoms. The van der Waals surface area contributed by atoms with E-state index in [1.165, 1.54) is 12.0 Å². The number of methoxy groups -OCH3 is 2. The van der Waals surface area contributed by atoms with Crippen molar-refractivity contribution in [2.24, 2.45) is 11.8 Å². The number of aromatic nitrogens is 1. The molecule has 1 aromatic heterocycles. The van der Waals surface area contributed by atoms with Crippen LogP contribution >= 0.6 is 0 Å². The summed E-state index contributed by atoms with van der Waals surface area (Å²) in [6.45, 7) is 2.04. The summed E-state index contributed by atoms with van der Waals surface area (Å²) in [7, 11) is -0.837. The molecule has 4 amide bonds. The summed E-state index contributed by atoms with van der Waals surface area (Å²) >= 11 is 0. The number of hydrogen-bond donors (Lipinski definition) is 3. The normalized spacial score (nSPS) is 30.2. The van der Waals surface area contributed by atoms with Crippen LogP contribution in [0.1, 0.15) is 76.7 Å². The minimum absolute atomic E-state index is 0.0190. The van der Waals surface area contributed by atoms with Gasteiger partial charge in [-0.2, -0.15) is 0 Å². The van der Waals surface area contributed by atoms with Gasteiger partial charge in [0.1, 0.15) is 35.2 Å². The van der Waals surface area contributed by atoms with Crippen molar-refractivity contribution in [2.45, 2.75) is 100 Å². The predicted octanol–water partition coefficient (Wildman–Crippen LogP) is 3.75. The zero-order chi connectivity index (χ0) is 38.9. The molecule has 5 aliphatic rings. The molecule has 3 fully saturated rings. The largest absolute Gasteiger partial charge is 0.496 e. The summed E-state index contributed by atoms with van der Waals surface area (Å²) in [6, 6.07) is 3.22. The third kappa shape index (κ3) is 8.38. The summed E-state index contributed by atoms with van der Waals surface area (Å²) in [4.78, 5) is 61.9. The molecule has 296 valence electrons. The first-order chi connectivity index (χ1) is 26.4. The number of ether oxygens (including phenoxy) is 4. The SMILES string of the molecule is COc1cc2c3cc(c(OC)cc3n1)/C=C/C[C@H](C)COC(=O)N[C@H]1CCCCC/C=C\[C@H]3C[C@@]3(C(=O)NS(=O)(=O)C3CC3)NC(=O)[C@@H]3C[C@H](CN3C1=O)O2. The number of sulfonamides is 1. The number of alkyl carbamates (subject to hydrolysis) is 1. The number of allylic oxidation sites excluding steroid dienone is 2. The van der Waals surface area contributed by atoms with Gasteiger partial charge in [0.2, 0.25) is 27.7 Å². The van der Waals surface area contributed by atoms with Gasteiger partial charge >= 0.3 is 6.09 Å². The highest BCUT2D eigenvalue weighted by Gasteiger charge is 2.62. The average molecular weight is 780 g/mol. The van der Waals surface area contributed by atoms with Gasteiger partial charge in [0, 0.05) is 35.4 Å². The molecule has 1 aromatic carbocycles. The van der Waals surface area contributed by atoms with E-state index in [1.54, 1.807) is 19.2 Å². The topological polar surface area (TPSA) is 192 Å². The lowest BCUT2D eigenvalue weighted by Gasteiger charge is -2.29. The molecule has 15 nitrogen and oxygen atoms in total. The van der Waals surface area contributed by atoms with E-state index in [0.717, 1.165) is 18.4 Å². The van der Waals surface area contributed by atoms with Crippen LogP contribution in [-0.2, 0) is 29.1 Å². The van der Waals surface area contributed by atoms with E-state index in [1.807, 2.05) is 37.3 Å². The van der Waals surface area contributed by atoms with Crippen LogP contribution in [0.15, 0.2) is 36.4 Å².